The molecule has 0 aromatic heterocycles. The first-order valence-electron chi connectivity index (χ1n) is 18.1. The lowest BCUT2D eigenvalue weighted by molar-refractivity contribution is 0.0900. The third-order valence-corrected chi connectivity index (χ3v) is 11.7. The fraction of sp³-hybridized carbons (Fsp3) is 0.191. The SMILES string of the molecule is c1ccc(-c2ccc(N(c3ccc(-c4cccc(N5C6CC7CC(C6)CC5C7)c4)cc3)c3cc4ccccc4c4ccccc34)cc2)cc1. The number of nitrogens with zero attached hydrogens (tertiary/aromatic N) is 2. The first-order valence-corrected chi connectivity index (χ1v) is 18.1. The number of piperidine rings is 2. The largest absolute Gasteiger partial charge is 0.366 e. The Morgan fingerprint density at radius 3 is 1.61 bits per heavy atom. The van der Waals surface area contributed by atoms with E-state index in [-0.39, 0.29) is 0 Å². The summed E-state index contributed by atoms with van der Waals surface area (Å²) in [7, 11) is 0. The summed E-state index contributed by atoms with van der Waals surface area (Å²) in [4.78, 5) is 5.24. The van der Waals surface area contributed by atoms with Gasteiger partial charge in [0, 0.05) is 34.5 Å². The third-order valence-electron chi connectivity index (χ3n) is 11.7. The molecule has 0 spiro atoms. The molecule has 11 rings (SSSR count). The molecule has 0 amide bonds. The molecule has 0 atom stereocenters. The van der Waals surface area contributed by atoms with E-state index in [9.17, 15) is 0 Å². The molecule has 2 saturated carbocycles. The second-order valence-corrected chi connectivity index (χ2v) is 14.6. The molecule has 4 bridgehead atoms. The molecular weight excluding hydrogens is 593 g/mol. The normalized spacial score (nSPS) is 21.0. The zero-order valence-corrected chi connectivity index (χ0v) is 27.8. The van der Waals surface area contributed by atoms with Crippen LogP contribution < -0.4 is 9.80 Å². The minimum Gasteiger partial charge on any atom is -0.366 e. The Morgan fingerprint density at radius 2 is 0.939 bits per heavy atom. The number of benzene rings is 7. The summed E-state index contributed by atoms with van der Waals surface area (Å²) in [6, 6.07) is 59.7. The summed E-state index contributed by atoms with van der Waals surface area (Å²) >= 11 is 0. The van der Waals surface area contributed by atoms with E-state index in [0.717, 1.165) is 35.3 Å². The molecular formula is C47H40N2. The van der Waals surface area contributed by atoms with Gasteiger partial charge in [-0.15, -0.1) is 0 Å². The number of anilines is 4. The zero-order chi connectivity index (χ0) is 32.3. The predicted octanol–water partition coefficient (Wildman–Crippen LogP) is 12.6. The highest BCUT2D eigenvalue weighted by atomic mass is 15.2. The van der Waals surface area contributed by atoms with Crippen molar-refractivity contribution < 1.29 is 0 Å². The lowest BCUT2D eigenvalue weighted by atomic mass is 9.63. The predicted molar refractivity (Wildman–Crippen MR) is 207 cm³/mol. The van der Waals surface area contributed by atoms with E-state index in [4.69, 9.17) is 0 Å². The Kier molecular flexibility index (Phi) is 6.82. The highest BCUT2D eigenvalue weighted by Crippen LogP contribution is 2.51. The first-order chi connectivity index (χ1) is 24.2. The number of hydrogen-bond acceptors (Lipinski definition) is 2. The van der Waals surface area contributed by atoms with Crippen molar-refractivity contribution in [2.24, 2.45) is 11.8 Å². The average Bonchev–Trinajstić information content (AvgIpc) is 3.16. The quantitative estimate of drug-likeness (QED) is 0.168. The van der Waals surface area contributed by atoms with Crippen molar-refractivity contribution in [2.75, 3.05) is 9.80 Å². The van der Waals surface area contributed by atoms with E-state index in [0.29, 0.717) is 0 Å². The van der Waals surface area contributed by atoms with Crippen LogP contribution in [0.3, 0.4) is 0 Å². The molecule has 2 nitrogen and oxygen atoms in total. The lowest BCUT2D eigenvalue weighted by Gasteiger charge is -2.57. The average molecular weight is 633 g/mol. The van der Waals surface area contributed by atoms with Crippen molar-refractivity contribution in [1.82, 2.24) is 0 Å². The van der Waals surface area contributed by atoms with Crippen molar-refractivity contribution in [2.45, 2.75) is 44.2 Å². The van der Waals surface area contributed by atoms with E-state index in [1.54, 1.807) is 0 Å². The molecule has 238 valence electrons. The van der Waals surface area contributed by atoms with Crippen LogP contribution >= 0.6 is 0 Å². The van der Waals surface area contributed by atoms with Crippen molar-refractivity contribution in [3.63, 3.8) is 0 Å². The molecule has 0 unspecified atom stereocenters. The van der Waals surface area contributed by atoms with Crippen molar-refractivity contribution in [3.05, 3.63) is 158 Å². The van der Waals surface area contributed by atoms with Gasteiger partial charge in [-0.3, -0.25) is 0 Å². The number of hydrogen-bond donors (Lipinski definition) is 0. The van der Waals surface area contributed by atoms with Crippen molar-refractivity contribution >= 4 is 44.3 Å². The molecule has 2 heteroatoms. The van der Waals surface area contributed by atoms with Gasteiger partial charge in [-0.25, -0.2) is 0 Å². The monoisotopic (exact) mass is 632 g/mol. The van der Waals surface area contributed by atoms with Gasteiger partial charge in [0.15, 0.2) is 0 Å². The van der Waals surface area contributed by atoms with E-state index >= 15 is 0 Å². The van der Waals surface area contributed by atoms with Gasteiger partial charge in [-0.2, -0.15) is 0 Å². The van der Waals surface area contributed by atoms with Crippen molar-refractivity contribution in [1.29, 1.82) is 0 Å². The summed E-state index contributed by atoms with van der Waals surface area (Å²) in [6.45, 7) is 0. The first kappa shape index (κ1) is 28.7. The maximum Gasteiger partial charge on any atom is 0.0546 e. The Hall–Kier alpha value is -5.34. The molecule has 0 radical (unpaired) electrons. The van der Waals surface area contributed by atoms with Crippen LogP contribution in [0.4, 0.5) is 22.7 Å². The Bertz CT molecular complexity index is 2260. The van der Waals surface area contributed by atoms with Crippen LogP contribution in [0.25, 0.3) is 43.8 Å². The fourth-order valence-corrected chi connectivity index (χ4v) is 9.68. The van der Waals surface area contributed by atoms with E-state index in [1.807, 2.05) is 0 Å². The van der Waals surface area contributed by atoms with Crippen LogP contribution in [0, 0.1) is 11.8 Å². The van der Waals surface area contributed by atoms with Gasteiger partial charge in [-0.1, -0.05) is 115 Å². The van der Waals surface area contributed by atoms with Gasteiger partial charge >= 0.3 is 0 Å². The number of rotatable bonds is 6. The van der Waals surface area contributed by atoms with Crippen LogP contribution in [0.2, 0.25) is 0 Å². The molecule has 4 fully saturated rings. The third kappa shape index (κ3) is 5.01. The smallest absolute Gasteiger partial charge is 0.0546 e. The zero-order valence-electron chi connectivity index (χ0n) is 27.8. The van der Waals surface area contributed by atoms with Crippen LogP contribution in [-0.2, 0) is 0 Å². The Morgan fingerprint density at radius 1 is 0.408 bits per heavy atom. The minimum atomic E-state index is 0.729. The molecule has 2 aliphatic heterocycles. The van der Waals surface area contributed by atoms with Crippen molar-refractivity contribution in [3.8, 4) is 22.3 Å². The second-order valence-electron chi connectivity index (χ2n) is 14.6. The topological polar surface area (TPSA) is 6.48 Å². The molecule has 4 aliphatic rings. The maximum absolute atomic E-state index is 2.80. The summed E-state index contributed by atoms with van der Waals surface area (Å²) in [5.41, 5.74) is 9.91. The summed E-state index contributed by atoms with van der Waals surface area (Å²) < 4.78 is 0. The van der Waals surface area contributed by atoms with Crippen LogP contribution in [0.5, 0.6) is 0 Å². The molecule has 7 aromatic carbocycles. The second kappa shape index (κ2) is 11.7. The van der Waals surface area contributed by atoms with E-state index in [2.05, 4.69) is 168 Å². The fourth-order valence-electron chi connectivity index (χ4n) is 9.68. The minimum absolute atomic E-state index is 0.729. The molecule has 2 heterocycles. The Labute approximate surface area is 289 Å². The maximum atomic E-state index is 2.80. The van der Waals surface area contributed by atoms with E-state index in [1.165, 1.54) is 87.3 Å². The van der Waals surface area contributed by atoms with Gasteiger partial charge in [-0.05, 0) is 125 Å². The van der Waals surface area contributed by atoms with Gasteiger partial charge < -0.3 is 9.80 Å². The summed E-state index contributed by atoms with van der Waals surface area (Å²) in [5, 5.41) is 5.05. The van der Waals surface area contributed by atoms with Gasteiger partial charge in [0.1, 0.15) is 0 Å². The standard InChI is InChI=1S/C47H40N2/c1-2-9-34(10-3-1)35-17-21-39(22-18-35)49(47-31-38-11-4-5-14-44(38)45-15-6-7-16-46(45)47)40-23-19-36(20-24-40)37-12-8-13-41(30-37)48-42-26-32-25-33(28-42)29-43(48)27-32/h1-24,30-33,42-43H,25-29H2. The van der Waals surface area contributed by atoms with Crippen LogP contribution in [0.1, 0.15) is 32.1 Å². The molecule has 49 heavy (non-hydrogen) atoms. The van der Waals surface area contributed by atoms with Gasteiger partial charge in [0.25, 0.3) is 0 Å². The van der Waals surface area contributed by atoms with E-state index < -0.39 is 0 Å². The van der Waals surface area contributed by atoms with Gasteiger partial charge in [0.2, 0.25) is 0 Å². The molecule has 0 N–H and O–H groups in total. The van der Waals surface area contributed by atoms with Gasteiger partial charge in [0.05, 0.1) is 5.69 Å². The van der Waals surface area contributed by atoms with Crippen LogP contribution in [-0.4, -0.2) is 12.1 Å². The highest BCUT2D eigenvalue weighted by Gasteiger charge is 2.46. The summed E-state index contributed by atoms with van der Waals surface area (Å²) in [6.07, 6.45) is 7.03. The van der Waals surface area contributed by atoms with Crippen LogP contribution in [0.15, 0.2) is 158 Å². The molecule has 2 saturated heterocycles. The number of fused-ring (bicyclic) bond motifs is 3. The molecule has 2 aliphatic carbocycles. The lowest BCUT2D eigenvalue weighted by Crippen LogP contribution is -2.58. The Balaban J connectivity index is 1.06. The highest BCUT2D eigenvalue weighted by molar-refractivity contribution is 6.14. The molecule has 7 aromatic rings. The summed E-state index contributed by atoms with van der Waals surface area (Å²) in [5.74, 6) is 1.93.